The van der Waals surface area contributed by atoms with Gasteiger partial charge < -0.3 is 0 Å². The minimum atomic E-state index is -0.643. The summed E-state index contributed by atoms with van der Waals surface area (Å²) in [5.41, 5.74) is 4.77. The van der Waals surface area contributed by atoms with Crippen molar-refractivity contribution in [1.82, 2.24) is 15.8 Å². The van der Waals surface area contributed by atoms with Crippen LogP contribution in [0.25, 0.3) is 0 Å². The number of hydrogen-bond acceptors (Lipinski definition) is 4. The molecular formula is C17H16ClN3O4. The maximum Gasteiger partial charge on any atom is 0.269 e. The molecule has 0 spiro atoms. The molecule has 2 atom stereocenters. The smallest absolute Gasteiger partial charge is 0.269 e. The Bertz CT molecular complexity index is 734. The van der Waals surface area contributed by atoms with Crippen LogP contribution in [0.1, 0.15) is 23.2 Å². The van der Waals surface area contributed by atoms with Crippen LogP contribution in [0.3, 0.4) is 0 Å². The average Bonchev–Trinajstić information content (AvgIpc) is 2.86. The van der Waals surface area contributed by atoms with Crippen LogP contribution in [0, 0.1) is 11.8 Å². The maximum absolute atomic E-state index is 12.3. The summed E-state index contributed by atoms with van der Waals surface area (Å²) in [6.07, 6.45) is 4.78. The molecule has 1 saturated heterocycles. The van der Waals surface area contributed by atoms with E-state index in [-0.39, 0.29) is 23.7 Å². The van der Waals surface area contributed by atoms with E-state index in [0.29, 0.717) is 23.4 Å². The molecule has 7 nitrogen and oxygen atoms in total. The predicted octanol–water partition coefficient (Wildman–Crippen LogP) is 1.05. The van der Waals surface area contributed by atoms with Gasteiger partial charge in [0.25, 0.3) is 11.8 Å². The number of nitrogens with one attached hydrogen (secondary N) is 2. The van der Waals surface area contributed by atoms with E-state index < -0.39 is 18.4 Å². The molecule has 2 aliphatic rings. The highest BCUT2D eigenvalue weighted by Crippen LogP contribution is 2.34. The molecule has 25 heavy (non-hydrogen) atoms. The largest absolute Gasteiger partial charge is 0.274 e. The normalized spacial score (nSPS) is 21.9. The number of halogens is 1. The van der Waals surface area contributed by atoms with Gasteiger partial charge in [0.1, 0.15) is 6.54 Å². The number of hydrazine groups is 1. The minimum absolute atomic E-state index is 0.315. The first-order chi connectivity index (χ1) is 12.0. The first-order valence-corrected chi connectivity index (χ1v) is 8.20. The Morgan fingerprint density at radius 2 is 1.56 bits per heavy atom. The number of rotatable bonds is 3. The molecule has 3 rings (SSSR count). The minimum Gasteiger partial charge on any atom is -0.274 e. The third kappa shape index (κ3) is 3.56. The van der Waals surface area contributed by atoms with Gasteiger partial charge in [-0.3, -0.25) is 34.9 Å². The lowest BCUT2D eigenvalue weighted by molar-refractivity contribution is -0.143. The highest BCUT2D eigenvalue weighted by atomic mass is 35.5. The molecule has 1 heterocycles. The Labute approximate surface area is 149 Å². The standard InChI is InChI=1S/C17H16ClN3O4/c18-11-7-5-10(6-8-11)15(23)20-19-14(22)9-21-16(24)12-3-1-2-4-13(12)17(21)25/h1-2,5-8,12-13H,3-4,9H2,(H,19,22)(H,20,23)/t12-,13-/m0/s1. The zero-order chi connectivity index (χ0) is 18.0. The van der Waals surface area contributed by atoms with Gasteiger partial charge in [0.05, 0.1) is 11.8 Å². The summed E-state index contributed by atoms with van der Waals surface area (Å²) in [7, 11) is 0. The van der Waals surface area contributed by atoms with Crippen LogP contribution >= 0.6 is 11.6 Å². The number of nitrogens with zero attached hydrogens (tertiary/aromatic N) is 1. The van der Waals surface area contributed by atoms with E-state index >= 15 is 0 Å². The number of amides is 4. The summed E-state index contributed by atoms with van der Waals surface area (Å²) in [6.45, 7) is -0.411. The summed E-state index contributed by atoms with van der Waals surface area (Å²) in [6, 6.07) is 6.12. The Morgan fingerprint density at radius 3 is 2.12 bits per heavy atom. The van der Waals surface area contributed by atoms with Crippen LogP contribution in [0.5, 0.6) is 0 Å². The highest BCUT2D eigenvalue weighted by molar-refractivity contribution is 6.30. The molecule has 130 valence electrons. The second-order valence-electron chi connectivity index (χ2n) is 5.93. The summed E-state index contributed by atoms with van der Waals surface area (Å²) in [5.74, 6) is -2.60. The molecule has 0 aromatic heterocycles. The van der Waals surface area contributed by atoms with E-state index in [2.05, 4.69) is 10.9 Å². The molecule has 1 aromatic rings. The van der Waals surface area contributed by atoms with Crippen LogP contribution in [-0.2, 0) is 14.4 Å². The van der Waals surface area contributed by atoms with Crippen molar-refractivity contribution >= 4 is 35.2 Å². The SMILES string of the molecule is O=C(CN1C(=O)[C@H]2CC=CC[C@@H]2C1=O)NNC(=O)c1ccc(Cl)cc1. The predicted molar refractivity (Wildman–Crippen MR) is 89.1 cm³/mol. The Morgan fingerprint density at radius 1 is 1.00 bits per heavy atom. The average molecular weight is 362 g/mol. The number of imide groups is 1. The lowest BCUT2D eigenvalue weighted by Gasteiger charge is -2.14. The van der Waals surface area contributed by atoms with Crippen LogP contribution in [0.4, 0.5) is 0 Å². The quantitative estimate of drug-likeness (QED) is 0.478. The second kappa shape index (κ2) is 7.06. The van der Waals surface area contributed by atoms with Gasteiger partial charge in [-0.1, -0.05) is 23.8 Å². The molecule has 0 saturated carbocycles. The molecular weight excluding hydrogens is 346 g/mol. The molecule has 8 heteroatoms. The molecule has 0 bridgehead atoms. The zero-order valence-electron chi connectivity index (χ0n) is 13.2. The second-order valence-corrected chi connectivity index (χ2v) is 6.36. The van der Waals surface area contributed by atoms with Crippen molar-refractivity contribution in [3.8, 4) is 0 Å². The van der Waals surface area contributed by atoms with E-state index in [9.17, 15) is 19.2 Å². The van der Waals surface area contributed by atoms with Gasteiger partial charge in [0, 0.05) is 10.6 Å². The Balaban J connectivity index is 1.54. The lowest BCUT2D eigenvalue weighted by Crippen LogP contribution is -2.47. The zero-order valence-corrected chi connectivity index (χ0v) is 14.0. The number of fused-ring (bicyclic) bond motifs is 1. The van der Waals surface area contributed by atoms with Gasteiger partial charge >= 0.3 is 0 Å². The summed E-state index contributed by atoms with van der Waals surface area (Å²) in [5, 5.41) is 0.489. The van der Waals surface area contributed by atoms with E-state index in [0.717, 1.165) is 4.90 Å². The van der Waals surface area contributed by atoms with Crippen molar-refractivity contribution in [3.63, 3.8) is 0 Å². The van der Waals surface area contributed by atoms with Crippen molar-refractivity contribution < 1.29 is 19.2 Å². The molecule has 2 N–H and O–H groups in total. The summed E-state index contributed by atoms with van der Waals surface area (Å²) in [4.78, 5) is 49.4. The van der Waals surface area contributed by atoms with Gasteiger partial charge in [0.2, 0.25) is 11.8 Å². The number of carbonyl (C=O) groups excluding carboxylic acids is 4. The summed E-state index contributed by atoms with van der Waals surface area (Å²) < 4.78 is 0. The molecule has 1 aromatic carbocycles. The van der Waals surface area contributed by atoms with Gasteiger partial charge in [-0.05, 0) is 37.1 Å². The van der Waals surface area contributed by atoms with Gasteiger partial charge in [0.15, 0.2) is 0 Å². The molecule has 0 unspecified atom stereocenters. The first kappa shape index (κ1) is 17.2. The van der Waals surface area contributed by atoms with Gasteiger partial charge in [-0.15, -0.1) is 0 Å². The molecule has 1 fully saturated rings. The maximum atomic E-state index is 12.3. The number of carbonyl (C=O) groups is 4. The van der Waals surface area contributed by atoms with Gasteiger partial charge in [-0.25, -0.2) is 0 Å². The van der Waals surface area contributed by atoms with Crippen molar-refractivity contribution in [2.45, 2.75) is 12.8 Å². The van der Waals surface area contributed by atoms with E-state index in [1.54, 1.807) is 12.1 Å². The van der Waals surface area contributed by atoms with Gasteiger partial charge in [-0.2, -0.15) is 0 Å². The number of benzene rings is 1. The van der Waals surface area contributed by atoms with Crippen molar-refractivity contribution in [2.75, 3.05) is 6.54 Å². The van der Waals surface area contributed by atoms with E-state index in [1.165, 1.54) is 12.1 Å². The molecule has 0 radical (unpaired) electrons. The molecule has 4 amide bonds. The number of hydrogen-bond donors (Lipinski definition) is 2. The third-order valence-corrected chi connectivity index (χ3v) is 4.57. The van der Waals surface area contributed by atoms with Crippen molar-refractivity contribution in [2.24, 2.45) is 11.8 Å². The molecule has 1 aliphatic carbocycles. The monoisotopic (exact) mass is 361 g/mol. The Hall–Kier alpha value is -2.67. The highest BCUT2D eigenvalue weighted by Gasteiger charge is 2.47. The van der Waals surface area contributed by atoms with Crippen LogP contribution in [-0.4, -0.2) is 35.1 Å². The Kier molecular flexibility index (Phi) is 4.85. The van der Waals surface area contributed by atoms with Crippen LogP contribution in [0.2, 0.25) is 5.02 Å². The lowest BCUT2D eigenvalue weighted by atomic mass is 9.85. The molecule has 1 aliphatic heterocycles. The third-order valence-electron chi connectivity index (χ3n) is 4.32. The first-order valence-electron chi connectivity index (χ1n) is 7.82. The fraction of sp³-hybridized carbons (Fsp3) is 0.294. The van der Waals surface area contributed by atoms with E-state index in [1.807, 2.05) is 12.2 Å². The number of allylic oxidation sites excluding steroid dienone is 2. The van der Waals surface area contributed by atoms with Crippen molar-refractivity contribution in [1.29, 1.82) is 0 Å². The summed E-state index contributed by atoms with van der Waals surface area (Å²) >= 11 is 5.74. The fourth-order valence-corrected chi connectivity index (χ4v) is 3.13. The van der Waals surface area contributed by atoms with Crippen LogP contribution in [0.15, 0.2) is 36.4 Å². The number of likely N-dealkylation sites (tertiary alicyclic amines) is 1. The van der Waals surface area contributed by atoms with E-state index in [4.69, 9.17) is 11.6 Å². The van der Waals surface area contributed by atoms with Crippen LogP contribution < -0.4 is 10.9 Å². The topological polar surface area (TPSA) is 95.6 Å². The fourth-order valence-electron chi connectivity index (χ4n) is 3.01. The van der Waals surface area contributed by atoms with Crippen molar-refractivity contribution in [3.05, 3.63) is 47.0 Å².